The lowest BCUT2D eigenvalue weighted by molar-refractivity contribution is -0.0354. The molecule has 1 atom stereocenters. The van der Waals surface area contributed by atoms with E-state index in [1.165, 1.54) is 18.4 Å². The van der Waals surface area contributed by atoms with Crippen LogP contribution in [0.4, 0.5) is 4.39 Å². The molecule has 1 aliphatic rings. The summed E-state index contributed by atoms with van der Waals surface area (Å²) in [6.07, 6.45) is 6.72. The van der Waals surface area contributed by atoms with E-state index in [4.69, 9.17) is 4.74 Å². The quantitative estimate of drug-likeness (QED) is 0.822. The number of benzene rings is 1. The minimum atomic E-state index is -0.172. The molecule has 0 amide bonds. The Morgan fingerprint density at radius 3 is 2.45 bits per heavy atom. The first-order valence-corrected chi connectivity index (χ1v) is 7.73. The molecule has 112 valence electrons. The van der Waals surface area contributed by atoms with Crippen LogP contribution in [0.15, 0.2) is 24.3 Å². The van der Waals surface area contributed by atoms with Gasteiger partial charge < -0.3 is 10.1 Å². The molecule has 0 heterocycles. The molecule has 1 aromatic rings. The van der Waals surface area contributed by atoms with Gasteiger partial charge in [0.25, 0.3) is 0 Å². The second kappa shape index (κ2) is 7.19. The standard InChI is InChI=1S/C17H26FNO/c1-3-12-19-16(17(20-2)10-4-5-11-17)13-14-6-8-15(18)9-7-14/h6-9,16,19H,3-5,10-13H2,1-2H3. The van der Waals surface area contributed by atoms with Crippen molar-refractivity contribution in [1.82, 2.24) is 5.32 Å². The van der Waals surface area contributed by atoms with Gasteiger partial charge in [-0.05, 0) is 49.9 Å². The molecule has 1 saturated carbocycles. The third-order valence-corrected chi connectivity index (χ3v) is 4.49. The van der Waals surface area contributed by atoms with Gasteiger partial charge >= 0.3 is 0 Å². The van der Waals surface area contributed by atoms with Crippen molar-refractivity contribution in [2.24, 2.45) is 0 Å². The molecule has 0 spiro atoms. The van der Waals surface area contributed by atoms with E-state index in [0.29, 0.717) is 6.04 Å². The third-order valence-electron chi connectivity index (χ3n) is 4.49. The number of halogens is 1. The summed E-state index contributed by atoms with van der Waals surface area (Å²) in [4.78, 5) is 0. The minimum absolute atomic E-state index is 0.0520. The number of rotatable bonds is 7. The Kier molecular flexibility index (Phi) is 5.55. The zero-order chi connectivity index (χ0) is 14.4. The molecular weight excluding hydrogens is 253 g/mol. The lowest BCUT2D eigenvalue weighted by Crippen LogP contribution is -2.52. The van der Waals surface area contributed by atoms with Crippen LogP contribution in [-0.2, 0) is 11.2 Å². The Hall–Kier alpha value is -0.930. The van der Waals surface area contributed by atoms with Gasteiger partial charge in [-0.2, -0.15) is 0 Å². The van der Waals surface area contributed by atoms with Gasteiger partial charge in [0, 0.05) is 13.2 Å². The van der Waals surface area contributed by atoms with Gasteiger partial charge in [-0.3, -0.25) is 0 Å². The topological polar surface area (TPSA) is 21.3 Å². The third kappa shape index (κ3) is 3.58. The maximum absolute atomic E-state index is 13.0. The van der Waals surface area contributed by atoms with E-state index < -0.39 is 0 Å². The van der Waals surface area contributed by atoms with Gasteiger partial charge in [0.05, 0.1) is 5.60 Å². The molecule has 1 N–H and O–H groups in total. The molecule has 2 rings (SSSR count). The number of hydrogen-bond acceptors (Lipinski definition) is 2. The summed E-state index contributed by atoms with van der Waals surface area (Å²) in [5.41, 5.74) is 1.12. The molecule has 1 aromatic carbocycles. The van der Waals surface area contributed by atoms with Crippen molar-refractivity contribution < 1.29 is 9.13 Å². The smallest absolute Gasteiger partial charge is 0.123 e. The van der Waals surface area contributed by atoms with Gasteiger partial charge in [0.2, 0.25) is 0 Å². The van der Waals surface area contributed by atoms with E-state index in [0.717, 1.165) is 32.2 Å². The minimum Gasteiger partial charge on any atom is -0.377 e. The Morgan fingerprint density at radius 2 is 1.90 bits per heavy atom. The van der Waals surface area contributed by atoms with E-state index in [2.05, 4.69) is 12.2 Å². The normalized spacial score (nSPS) is 19.1. The molecular formula is C17H26FNO. The highest BCUT2D eigenvalue weighted by Crippen LogP contribution is 2.36. The van der Waals surface area contributed by atoms with Crippen LogP contribution in [0, 0.1) is 5.82 Å². The second-order valence-electron chi connectivity index (χ2n) is 5.81. The Morgan fingerprint density at radius 1 is 1.25 bits per heavy atom. The predicted octanol–water partition coefficient (Wildman–Crippen LogP) is 3.70. The molecule has 1 unspecified atom stereocenters. The van der Waals surface area contributed by atoms with Gasteiger partial charge in [-0.1, -0.05) is 31.9 Å². The molecule has 0 aliphatic heterocycles. The average molecular weight is 279 g/mol. The maximum atomic E-state index is 13.0. The average Bonchev–Trinajstić information content (AvgIpc) is 2.95. The maximum Gasteiger partial charge on any atom is 0.123 e. The summed E-state index contributed by atoms with van der Waals surface area (Å²) in [6.45, 7) is 3.17. The van der Waals surface area contributed by atoms with E-state index >= 15 is 0 Å². The van der Waals surface area contributed by atoms with Gasteiger partial charge in [-0.25, -0.2) is 4.39 Å². The summed E-state index contributed by atoms with van der Waals surface area (Å²) in [5, 5.41) is 3.65. The molecule has 2 nitrogen and oxygen atoms in total. The zero-order valence-electron chi connectivity index (χ0n) is 12.6. The van der Waals surface area contributed by atoms with Crippen molar-refractivity contribution in [2.45, 2.75) is 57.1 Å². The van der Waals surface area contributed by atoms with E-state index in [9.17, 15) is 4.39 Å². The highest BCUT2D eigenvalue weighted by molar-refractivity contribution is 5.18. The Bertz CT molecular complexity index is 398. The number of nitrogens with one attached hydrogen (secondary N) is 1. The van der Waals surface area contributed by atoms with Crippen LogP contribution in [0.2, 0.25) is 0 Å². The second-order valence-corrected chi connectivity index (χ2v) is 5.81. The summed E-state index contributed by atoms with van der Waals surface area (Å²) < 4.78 is 18.9. The van der Waals surface area contributed by atoms with E-state index in [1.54, 1.807) is 12.1 Å². The molecule has 0 aromatic heterocycles. The van der Waals surface area contributed by atoms with Crippen LogP contribution in [0.1, 0.15) is 44.6 Å². The van der Waals surface area contributed by atoms with Crippen LogP contribution in [0.3, 0.4) is 0 Å². The summed E-state index contributed by atoms with van der Waals surface area (Å²) in [5.74, 6) is -0.172. The first-order chi connectivity index (χ1) is 9.70. The molecule has 3 heteroatoms. The first-order valence-electron chi connectivity index (χ1n) is 7.73. The van der Waals surface area contributed by atoms with Crippen molar-refractivity contribution in [3.05, 3.63) is 35.6 Å². The van der Waals surface area contributed by atoms with Crippen LogP contribution in [0.5, 0.6) is 0 Å². The Labute approximate surface area is 121 Å². The lowest BCUT2D eigenvalue weighted by atomic mass is 9.87. The molecule has 0 radical (unpaired) electrons. The SMILES string of the molecule is CCCNC(Cc1ccc(F)cc1)C1(OC)CCCC1. The molecule has 1 fully saturated rings. The largest absolute Gasteiger partial charge is 0.377 e. The van der Waals surface area contributed by atoms with Crippen LogP contribution in [0.25, 0.3) is 0 Å². The molecule has 0 bridgehead atoms. The van der Waals surface area contributed by atoms with E-state index in [-0.39, 0.29) is 11.4 Å². The highest BCUT2D eigenvalue weighted by atomic mass is 19.1. The summed E-state index contributed by atoms with van der Waals surface area (Å²) >= 11 is 0. The summed E-state index contributed by atoms with van der Waals surface area (Å²) in [7, 11) is 1.83. The molecule has 20 heavy (non-hydrogen) atoms. The molecule has 1 aliphatic carbocycles. The number of ether oxygens (including phenoxy) is 1. The van der Waals surface area contributed by atoms with E-state index in [1.807, 2.05) is 19.2 Å². The van der Waals surface area contributed by atoms with Gasteiger partial charge in [0.1, 0.15) is 5.82 Å². The van der Waals surface area contributed by atoms with Crippen LogP contribution in [-0.4, -0.2) is 25.3 Å². The van der Waals surface area contributed by atoms with Crippen molar-refractivity contribution >= 4 is 0 Å². The number of hydrogen-bond donors (Lipinski definition) is 1. The van der Waals surface area contributed by atoms with Gasteiger partial charge in [-0.15, -0.1) is 0 Å². The van der Waals surface area contributed by atoms with Crippen molar-refractivity contribution in [1.29, 1.82) is 0 Å². The zero-order valence-corrected chi connectivity index (χ0v) is 12.6. The fraction of sp³-hybridized carbons (Fsp3) is 0.647. The van der Waals surface area contributed by atoms with Gasteiger partial charge in [0.15, 0.2) is 0 Å². The monoisotopic (exact) mass is 279 g/mol. The summed E-state index contributed by atoms with van der Waals surface area (Å²) in [6, 6.07) is 7.16. The first kappa shape index (κ1) is 15.5. The Balaban J connectivity index is 2.12. The fourth-order valence-corrected chi connectivity index (χ4v) is 3.29. The predicted molar refractivity (Wildman–Crippen MR) is 80.4 cm³/mol. The van der Waals surface area contributed by atoms with Crippen molar-refractivity contribution in [2.75, 3.05) is 13.7 Å². The van der Waals surface area contributed by atoms with Crippen LogP contribution >= 0.6 is 0 Å². The van der Waals surface area contributed by atoms with Crippen molar-refractivity contribution in [3.63, 3.8) is 0 Å². The lowest BCUT2D eigenvalue weighted by Gasteiger charge is -2.37. The fourth-order valence-electron chi connectivity index (χ4n) is 3.29. The molecule has 0 saturated heterocycles. The van der Waals surface area contributed by atoms with Crippen molar-refractivity contribution in [3.8, 4) is 0 Å². The number of methoxy groups -OCH3 is 1. The highest BCUT2D eigenvalue weighted by Gasteiger charge is 2.41. The van der Waals surface area contributed by atoms with Crippen LogP contribution < -0.4 is 5.32 Å².